The number of para-hydroxylation sites is 1. The molecule has 0 fully saturated rings. The van der Waals surface area contributed by atoms with Gasteiger partial charge in [-0.3, -0.25) is 4.57 Å². The van der Waals surface area contributed by atoms with Crippen LogP contribution < -0.4 is 5.32 Å². The quantitative estimate of drug-likeness (QED) is 0.263. The van der Waals surface area contributed by atoms with Crippen LogP contribution in [0.4, 0.5) is 0 Å². The first-order chi connectivity index (χ1) is 19.8. The highest BCUT2D eigenvalue weighted by Crippen LogP contribution is 2.35. The van der Waals surface area contributed by atoms with Crippen molar-refractivity contribution in [3.05, 3.63) is 139 Å². The predicted octanol–water partition coefficient (Wildman–Crippen LogP) is 7.56. The van der Waals surface area contributed by atoms with Crippen LogP contribution in [-0.4, -0.2) is 21.3 Å². The molecule has 1 atom stereocenters. The third-order valence-corrected chi connectivity index (χ3v) is 7.29. The van der Waals surface area contributed by atoms with Gasteiger partial charge in [0.2, 0.25) is 11.9 Å². The summed E-state index contributed by atoms with van der Waals surface area (Å²) in [6.07, 6.45) is -0.291. The van der Waals surface area contributed by atoms with Crippen LogP contribution in [-0.2, 0) is 0 Å². The lowest BCUT2D eigenvalue weighted by molar-refractivity contribution is 0.620. The van der Waals surface area contributed by atoms with E-state index in [1.807, 2.05) is 78.9 Å². The van der Waals surface area contributed by atoms with Crippen molar-refractivity contribution in [1.29, 1.82) is 0 Å². The standard InChI is InChI=1S/C34H23N5O/c1-4-12-22(13-5-1)31-36-32(23-14-6-2-7-15-23)38-34(37-31)39-28-19-11-10-18-25(28)26-20-30-27(21-29(26)39)35-33(40-30)24-16-8-3-9-17-24/h1-21,31H,(H,36,37,38). The van der Waals surface area contributed by atoms with E-state index in [-0.39, 0.29) is 6.17 Å². The van der Waals surface area contributed by atoms with E-state index in [0.29, 0.717) is 17.7 Å². The molecule has 0 amide bonds. The summed E-state index contributed by atoms with van der Waals surface area (Å²) in [6.45, 7) is 0. The van der Waals surface area contributed by atoms with Gasteiger partial charge in [0.1, 0.15) is 11.7 Å². The van der Waals surface area contributed by atoms with Gasteiger partial charge in [-0.15, -0.1) is 0 Å². The summed E-state index contributed by atoms with van der Waals surface area (Å²) in [7, 11) is 0. The molecule has 5 aromatic carbocycles. The number of aliphatic imine (C=N–C) groups is 2. The summed E-state index contributed by atoms with van der Waals surface area (Å²) in [5, 5.41) is 5.80. The molecule has 0 saturated heterocycles. The maximum atomic E-state index is 6.23. The van der Waals surface area contributed by atoms with Gasteiger partial charge in [0.25, 0.3) is 0 Å². The third kappa shape index (κ3) is 3.69. The molecule has 7 aromatic rings. The Kier molecular flexibility index (Phi) is 5.10. The van der Waals surface area contributed by atoms with Crippen LogP contribution in [0.15, 0.2) is 142 Å². The van der Waals surface area contributed by atoms with Crippen molar-refractivity contribution in [1.82, 2.24) is 14.9 Å². The highest BCUT2D eigenvalue weighted by Gasteiger charge is 2.24. The average molecular weight is 518 g/mol. The maximum absolute atomic E-state index is 6.23. The molecule has 2 aromatic heterocycles. The number of benzene rings is 5. The van der Waals surface area contributed by atoms with Gasteiger partial charge in [0.15, 0.2) is 11.4 Å². The lowest BCUT2D eigenvalue weighted by Crippen LogP contribution is -2.37. The van der Waals surface area contributed by atoms with Gasteiger partial charge < -0.3 is 9.73 Å². The number of fused-ring (bicyclic) bond motifs is 4. The van der Waals surface area contributed by atoms with Crippen LogP contribution in [0.25, 0.3) is 44.4 Å². The smallest absolute Gasteiger partial charge is 0.227 e. The number of nitrogens with one attached hydrogen (secondary N) is 1. The number of oxazole rings is 1. The van der Waals surface area contributed by atoms with Gasteiger partial charge in [0.05, 0.1) is 11.0 Å². The molecule has 0 spiro atoms. The molecule has 1 aliphatic heterocycles. The minimum absolute atomic E-state index is 0.291. The molecule has 6 nitrogen and oxygen atoms in total. The van der Waals surface area contributed by atoms with Gasteiger partial charge >= 0.3 is 0 Å². The zero-order valence-electron chi connectivity index (χ0n) is 21.4. The lowest BCUT2D eigenvalue weighted by Gasteiger charge is -2.24. The van der Waals surface area contributed by atoms with E-state index >= 15 is 0 Å². The van der Waals surface area contributed by atoms with E-state index in [2.05, 4.69) is 58.4 Å². The molecule has 8 rings (SSSR count). The molecule has 0 aliphatic carbocycles. The first kappa shape index (κ1) is 22.5. The van der Waals surface area contributed by atoms with Gasteiger partial charge in [0, 0.05) is 21.9 Å². The fourth-order valence-corrected chi connectivity index (χ4v) is 5.39. The Morgan fingerprint density at radius 1 is 0.650 bits per heavy atom. The lowest BCUT2D eigenvalue weighted by atomic mass is 10.1. The number of aromatic nitrogens is 2. The number of nitrogens with zero attached hydrogens (tertiary/aromatic N) is 4. The maximum Gasteiger partial charge on any atom is 0.227 e. The van der Waals surface area contributed by atoms with Crippen LogP contribution in [0.1, 0.15) is 17.3 Å². The topological polar surface area (TPSA) is 67.7 Å². The van der Waals surface area contributed by atoms with E-state index in [9.17, 15) is 0 Å². The Bertz CT molecular complexity index is 2070. The van der Waals surface area contributed by atoms with Gasteiger partial charge in [-0.2, -0.15) is 4.99 Å². The number of hydrogen-bond donors (Lipinski definition) is 1. The molecule has 1 unspecified atom stereocenters. The summed E-state index contributed by atoms with van der Waals surface area (Å²) in [5.41, 5.74) is 6.56. The Morgan fingerprint density at radius 3 is 2.10 bits per heavy atom. The molecule has 40 heavy (non-hydrogen) atoms. The first-order valence-electron chi connectivity index (χ1n) is 13.2. The molecule has 3 heterocycles. The second kappa shape index (κ2) is 9.06. The van der Waals surface area contributed by atoms with E-state index in [0.717, 1.165) is 49.6 Å². The number of rotatable bonds is 3. The van der Waals surface area contributed by atoms with Crippen molar-refractivity contribution in [2.24, 2.45) is 9.98 Å². The van der Waals surface area contributed by atoms with E-state index < -0.39 is 0 Å². The Balaban J connectivity index is 1.36. The van der Waals surface area contributed by atoms with Gasteiger partial charge in [-0.05, 0) is 35.9 Å². The molecule has 1 N–H and O–H groups in total. The highest BCUT2D eigenvalue weighted by atomic mass is 16.3. The van der Waals surface area contributed by atoms with Crippen molar-refractivity contribution >= 4 is 44.7 Å². The summed E-state index contributed by atoms with van der Waals surface area (Å²) >= 11 is 0. The Labute approximate surface area is 230 Å². The van der Waals surface area contributed by atoms with E-state index in [4.69, 9.17) is 19.4 Å². The third-order valence-electron chi connectivity index (χ3n) is 7.29. The second-order valence-corrected chi connectivity index (χ2v) is 9.79. The molecule has 0 saturated carbocycles. The molecular formula is C34H23N5O. The van der Waals surface area contributed by atoms with E-state index in [1.165, 1.54) is 0 Å². The average Bonchev–Trinajstić information content (AvgIpc) is 3.59. The first-order valence-corrected chi connectivity index (χ1v) is 13.2. The fraction of sp³-hybridized carbons (Fsp3) is 0.0294. The predicted molar refractivity (Wildman–Crippen MR) is 161 cm³/mol. The van der Waals surface area contributed by atoms with Crippen molar-refractivity contribution in [2.45, 2.75) is 6.17 Å². The molecule has 0 radical (unpaired) electrons. The van der Waals surface area contributed by atoms with Crippen molar-refractivity contribution in [2.75, 3.05) is 0 Å². The molecule has 0 bridgehead atoms. The zero-order chi connectivity index (χ0) is 26.5. The number of amidine groups is 1. The van der Waals surface area contributed by atoms with Gasteiger partial charge in [-0.25, -0.2) is 9.98 Å². The van der Waals surface area contributed by atoms with Gasteiger partial charge in [-0.1, -0.05) is 97.1 Å². The zero-order valence-corrected chi connectivity index (χ0v) is 21.4. The minimum Gasteiger partial charge on any atom is -0.436 e. The van der Waals surface area contributed by atoms with Crippen molar-refractivity contribution < 1.29 is 4.42 Å². The van der Waals surface area contributed by atoms with Crippen LogP contribution in [0, 0.1) is 0 Å². The van der Waals surface area contributed by atoms with Crippen LogP contribution in [0.2, 0.25) is 0 Å². The highest BCUT2D eigenvalue weighted by molar-refractivity contribution is 6.18. The molecule has 1 aliphatic rings. The number of hydrogen-bond acceptors (Lipinski definition) is 5. The summed E-state index contributed by atoms with van der Waals surface area (Å²) in [6, 6.07) is 42.9. The van der Waals surface area contributed by atoms with E-state index in [1.54, 1.807) is 0 Å². The van der Waals surface area contributed by atoms with Crippen LogP contribution in [0.3, 0.4) is 0 Å². The summed E-state index contributed by atoms with van der Waals surface area (Å²) in [5.74, 6) is 2.00. The Morgan fingerprint density at radius 2 is 1.32 bits per heavy atom. The van der Waals surface area contributed by atoms with Crippen LogP contribution in [0.5, 0.6) is 0 Å². The largest absolute Gasteiger partial charge is 0.436 e. The van der Waals surface area contributed by atoms with Crippen LogP contribution >= 0.6 is 0 Å². The SMILES string of the molecule is c1ccc(C2=NC(c3ccccc3)NC(n3c4ccccc4c4cc5oc(-c6ccccc6)nc5cc43)=N2)cc1. The van der Waals surface area contributed by atoms with Crippen molar-refractivity contribution in [3.63, 3.8) is 0 Å². The monoisotopic (exact) mass is 517 g/mol. The normalized spacial score (nSPS) is 15.2. The molecule has 6 heteroatoms. The molecular weight excluding hydrogens is 494 g/mol. The van der Waals surface area contributed by atoms with Crippen molar-refractivity contribution in [3.8, 4) is 11.5 Å². The summed E-state index contributed by atoms with van der Waals surface area (Å²) in [4.78, 5) is 14.9. The minimum atomic E-state index is -0.291. The second-order valence-electron chi connectivity index (χ2n) is 9.79. The summed E-state index contributed by atoms with van der Waals surface area (Å²) < 4.78 is 8.41. The molecule has 190 valence electrons. The fourth-order valence-electron chi connectivity index (χ4n) is 5.39. The Hall–Kier alpha value is -5.49.